The summed E-state index contributed by atoms with van der Waals surface area (Å²) in [5.41, 5.74) is 6.92. The predicted octanol–water partition coefficient (Wildman–Crippen LogP) is 1.45. The number of rotatable bonds is 8. The maximum absolute atomic E-state index is 11.1. The summed E-state index contributed by atoms with van der Waals surface area (Å²) in [6, 6.07) is 9.79. The molecule has 0 unspecified atom stereocenters. The molecular weight excluding hydrogens is 228 g/mol. The van der Waals surface area contributed by atoms with Gasteiger partial charge in [-0.1, -0.05) is 36.8 Å². The zero-order valence-corrected chi connectivity index (χ0v) is 10.9. The highest BCUT2D eigenvalue weighted by atomic mass is 16.5. The number of methoxy groups -OCH3 is 1. The van der Waals surface area contributed by atoms with Gasteiger partial charge in [0.05, 0.1) is 7.11 Å². The second-order valence-electron chi connectivity index (χ2n) is 4.29. The van der Waals surface area contributed by atoms with Crippen LogP contribution in [0, 0.1) is 0 Å². The highest BCUT2D eigenvalue weighted by molar-refractivity contribution is 5.75. The number of ether oxygens (including phenoxy) is 1. The highest BCUT2D eigenvalue weighted by Crippen LogP contribution is 2.01. The molecule has 18 heavy (non-hydrogen) atoms. The molecule has 0 fully saturated rings. The van der Waals surface area contributed by atoms with Crippen molar-refractivity contribution in [2.45, 2.75) is 31.8 Å². The van der Waals surface area contributed by atoms with E-state index in [9.17, 15) is 4.79 Å². The smallest absolute Gasteiger partial charge is 0.322 e. The molecule has 0 bridgehead atoms. The molecule has 1 aromatic carbocycles. The number of hydrogen-bond donors (Lipinski definition) is 2. The topological polar surface area (TPSA) is 64.3 Å². The second-order valence-corrected chi connectivity index (χ2v) is 4.29. The number of esters is 1. The van der Waals surface area contributed by atoms with E-state index >= 15 is 0 Å². The molecule has 0 saturated carbocycles. The summed E-state index contributed by atoms with van der Waals surface area (Å²) in [6.45, 7) is 1.81. The van der Waals surface area contributed by atoms with Crippen LogP contribution in [0.25, 0.3) is 0 Å². The summed E-state index contributed by atoms with van der Waals surface area (Å²) in [7, 11) is 1.36. The standard InChI is InChI=1S/C14H22N2O2/c1-18-14(17)13(15)9-5-6-10-16-11-12-7-3-2-4-8-12/h2-4,7-8,13,16H,5-6,9-11,15H2,1H3/t13-/m0/s1. The van der Waals surface area contributed by atoms with Crippen molar-refractivity contribution < 1.29 is 9.53 Å². The highest BCUT2D eigenvalue weighted by Gasteiger charge is 2.12. The van der Waals surface area contributed by atoms with Crippen molar-refractivity contribution in [3.05, 3.63) is 35.9 Å². The second kappa shape index (κ2) is 8.66. The number of benzene rings is 1. The fourth-order valence-electron chi connectivity index (χ4n) is 1.71. The van der Waals surface area contributed by atoms with E-state index in [1.807, 2.05) is 18.2 Å². The van der Waals surface area contributed by atoms with Crippen molar-refractivity contribution in [2.75, 3.05) is 13.7 Å². The SMILES string of the molecule is COC(=O)[C@@H](N)CCCCNCc1ccccc1. The van der Waals surface area contributed by atoms with E-state index in [1.54, 1.807) is 0 Å². The molecule has 4 nitrogen and oxygen atoms in total. The van der Waals surface area contributed by atoms with Crippen molar-refractivity contribution in [1.82, 2.24) is 5.32 Å². The van der Waals surface area contributed by atoms with E-state index in [-0.39, 0.29) is 5.97 Å². The molecule has 0 saturated heterocycles. The molecule has 1 rings (SSSR count). The van der Waals surface area contributed by atoms with Gasteiger partial charge in [-0.15, -0.1) is 0 Å². The molecule has 1 aromatic rings. The molecule has 0 heterocycles. The third-order valence-electron chi connectivity index (χ3n) is 2.79. The fourth-order valence-corrected chi connectivity index (χ4v) is 1.71. The van der Waals surface area contributed by atoms with Crippen molar-refractivity contribution in [2.24, 2.45) is 5.73 Å². The molecule has 0 spiro atoms. The normalized spacial score (nSPS) is 12.1. The quantitative estimate of drug-likeness (QED) is 0.541. The van der Waals surface area contributed by atoms with Gasteiger partial charge in [0.1, 0.15) is 6.04 Å². The van der Waals surface area contributed by atoms with Gasteiger partial charge in [-0.2, -0.15) is 0 Å². The van der Waals surface area contributed by atoms with Crippen LogP contribution in [0.15, 0.2) is 30.3 Å². The largest absolute Gasteiger partial charge is 0.468 e. The van der Waals surface area contributed by atoms with Gasteiger partial charge in [0.25, 0.3) is 0 Å². The lowest BCUT2D eigenvalue weighted by atomic mass is 10.1. The van der Waals surface area contributed by atoms with E-state index in [1.165, 1.54) is 12.7 Å². The Hall–Kier alpha value is -1.39. The Morgan fingerprint density at radius 1 is 1.33 bits per heavy atom. The van der Waals surface area contributed by atoms with Crippen LogP contribution in [-0.4, -0.2) is 25.7 Å². The number of hydrogen-bond acceptors (Lipinski definition) is 4. The van der Waals surface area contributed by atoms with Crippen molar-refractivity contribution in [1.29, 1.82) is 0 Å². The average molecular weight is 250 g/mol. The van der Waals surface area contributed by atoms with E-state index in [4.69, 9.17) is 5.73 Å². The van der Waals surface area contributed by atoms with Crippen molar-refractivity contribution in [3.63, 3.8) is 0 Å². The Balaban J connectivity index is 2.01. The van der Waals surface area contributed by atoms with E-state index in [0.29, 0.717) is 6.42 Å². The molecule has 3 N–H and O–H groups in total. The summed E-state index contributed by atoms with van der Waals surface area (Å²) in [6.07, 6.45) is 2.62. The molecule has 0 aromatic heterocycles. The Morgan fingerprint density at radius 2 is 2.06 bits per heavy atom. The fraction of sp³-hybridized carbons (Fsp3) is 0.500. The average Bonchev–Trinajstić information content (AvgIpc) is 2.42. The molecule has 0 aliphatic carbocycles. The van der Waals surface area contributed by atoms with Crippen LogP contribution in [-0.2, 0) is 16.1 Å². The van der Waals surface area contributed by atoms with Crippen molar-refractivity contribution >= 4 is 5.97 Å². The van der Waals surface area contributed by atoms with Crippen LogP contribution in [0.4, 0.5) is 0 Å². The minimum absolute atomic E-state index is 0.327. The zero-order chi connectivity index (χ0) is 13.2. The van der Waals surface area contributed by atoms with Gasteiger partial charge < -0.3 is 15.8 Å². The maximum Gasteiger partial charge on any atom is 0.322 e. The third kappa shape index (κ3) is 5.80. The van der Waals surface area contributed by atoms with E-state index < -0.39 is 6.04 Å². The maximum atomic E-state index is 11.1. The van der Waals surface area contributed by atoms with Gasteiger partial charge >= 0.3 is 5.97 Å². The Labute approximate surface area is 109 Å². The third-order valence-corrected chi connectivity index (χ3v) is 2.79. The van der Waals surface area contributed by atoms with Gasteiger partial charge in [0.2, 0.25) is 0 Å². The number of nitrogens with two attached hydrogens (primary N) is 1. The molecule has 0 amide bonds. The van der Waals surface area contributed by atoms with Crippen LogP contribution >= 0.6 is 0 Å². The van der Waals surface area contributed by atoms with E-state index in [2.05, 4.69) is 22.2 Å². The molecule has 1 atom stereocenters. The first-order chi connectivity index (χ1) is 8.74. The molecular formula is C14H22N2O2. The Morgan fingerprint density at radius 3 is 2.72 bits per heavy atom. The van der Waals surface area contributed by atoms with Gasteiger partial charge in [0, 0.05) is 6.54 Å². The summed E-state index contributed by atoms with van der Waals surface area (Å²) in [4.78, 5) is 11.1. The van der Waals surface area contributed by atoms with Gasteiger partial charge in [-0.3, -0.25) is 4.79 Å². The number of unbranched alkanes of at least 4 members (excludes halogenated alkanes) is 1. The monoisotopic (exact) mass is 250 g/mol. The van der Waals surface area contributed by atoms with E-state index in [0.717, 1.165) is 25.9 Å². The number of carbonyl (C=O) groups excluding carboxylic acids is 1. The molecule has 0 aliphatic heterocycles. The Bertz CT molecular complexity index is 341. The number of nitrogens with one attached hydrogen (secondary N) is 1. The summed E-state index contributed by atoms with van der Waals surface area (Å²) >= 11 is 0. The van der Waals surface area contributed by atoms with Gasteiger partial charge in [-0.05, 0) is 24.9 Å². The van der Waals surface area contributed by atoms with Crippen LogP contribution in [0.1, 0.15) is 24.8 Å². The Kier molecular flexibility index (Phi) is 7.06. The minimum atomic E-state index is -0.482. The number of carbonyl (C=O) groups is 1. The van der Waals surface area contributed by atoms with Crippen LogP contribution in [0.3, 0.4) is 0 Å². The van der Waals surface area contributed by atoms with Gasteiger partial charge in [-0.25, -0.2) is 0 Å². The predicted molar refractivity (Wildman–Crippen MR) is 72.0 cm³/mol. The van der Waals surface area contributed by atoms with Crippen LogP contribution < -0.4 is 11.1 Å². The lowest BCUT2D eigenvalue weighted by molar-refractivity contribution is -0.142. The molecule has 0 radical (unpaired) electrons. The molecule has 4 heteroatoms. The summed E-state index contributed by atoms with van der Waals surface area (Å²) in [5.74, 6) is -0.327. The first kappa shape index (κ1) is 14.7. The van der Waals surface area contributed by atoms with Crippen LogP contribution in [0.5, 0.6) is 0 Å². The summed E-state index contributed by atoms with van der Waals surface area (Å²) in [5, 5.41) is 3.36. The lowest BCUT2D eigenvalue weighted by Crippen LogP contribution is -2.31. The first-order valence-corrected chi connectivity index (χ1v) is 6.32. The van der Waals surface area contributed by atoms with Crippen LogP contribution in [0.2, 0.25) is 0 Å². The summed E-state index contributed by atoms with van der Waals surface area (Å²) < 4.78 is 4.57. The molecule has 0 aliphatic rings. The zero-order valence-electron chi connectivity index (χ0n) is 10.9. The first-order valence-electron chi connectivity index (χ1n) is 6.32. The minimum Gasteiger partial charge on any atom is -0.468 e. The molecule has 100 valence electrons. The lowest BCUT2D eigenvalue weighted by Gasteiger charge is -2.09. The van der Waals surface area contributed by atoms with Gasteiger partial charge in [0.15, 0.2) is 0 Å². The van der Waals surface area contributed by atoms with Crippen molar-refractivity contribution in [3.8, 4) is 0 Å².